The van der Waals surface area contributed by atoms with Gasteiger partial charge in [-0.25, -0.2) is 9.59 Å². The van der Waals surface area contributed by atoms with Gasteiger partial charge >= 0.3 is 12.1 Å². The van der Waals surface area contributed by atoms with Crippen LogP contribution in [0.3, 0.4) is 0 Å². The molecule has 3 aromatic carbocycles. The summed E-state index contributed by atoms with van der Waals surface area (Å²) < 4.78 is 5.66. The lowest BCUT2D eigenvalue weighted by molar-refractivity contribution is -0.148. The lowest BCUT2D eigenvalue weighted by Gasteiger charge is -2.34. The topological polar surface area (TPSA) is 66.8 Å². The Morgan fingerprint density at radius 1 is 0.903 bits per heavy atom. The number of hydrogen-bond acceptors (Lipinski definition) is 3. The molecule has 0 heterocycles. The largest absolute Gasteiger partial charge is 0.479 e. The van der Waals surface area contributed by atoms with Gasteiger partial charge in [-0.2, -0.15) is 0 Å². The maximum absolute atomic E-state index is 12.9. The minimum atomic E-state index is -1.43. The molecule has 0 aliphatic heterocycles. The van der Waals surface area contributed by atoms with Crippen LogP contribution in [-0.2, 0) is 16.0 Å². The van der Waals surface area contributed by atoms with Gasteiger partial charge in [-0.15, -0.1) is 0 Å². The molecule has 0 unspecified atom stereocenters. The van der Waals surface area contributed by atoms with E-state index in [1.807, 2.05) is 66.7 Å². The first-order chi connectivity index (χ1) is 14.9. The van der Waals surface area contributed by atoms with Crippen molar-refractivity contribution in [1.82, 2.24) is 4.90 Å². The van der Waals surface area contributed by atoms with Crippen LogP contribution >= 0.6 is 0 Å². The molecule has 0 saturated heterocycles. The van der Waals surface area contributed by atoms with Gasteiger partial charge in [0.25, 0.3) is 0 Å². The van der Waals surface area contributed by atoms with E-state index in [1.165, 1.54) is 11.9 Å². The fraction of sp³-hybridized carbons (Fsp3) is 0.231. The Balaban J connectivity index is 1.52. The second-order valence-electron chi connectivity index (χ2n) is 8.10. The molecule has 3 aromatic rings. The summed E-state index contributed by atoms with van der Waals surface area (Å²) in [5, 5.41) is 9.90. The first-order valence-corrected chi connectivity index (χ1v) is 10.3. The Kier molecular flexibility index (Phi) is 5.51. The standard InChI is InChI=1S/C26H25NO4/c1-26(24(28)29,16-18-10-4-3-5-11-18)27(2)25(30)31-17-23-21-14-8-6-12-19(21)20-13-7-9-15-22(20)23/h3-15,23H,16-17H2,1-2H3,(H,28,29)/t26-/m0/s1. The number of carboxylic acid groups (broad SMARTS) is 1. The number of likely N-dealkylation sites (N-methyl/N-ethyl adjacent to an activating group) is 1. The predicted molar refractivity (Wildman–Crippen MR) is 119 cm³/mol. The summed E-state index contributed by atoms with van der Waals surface area (Å²) in [4.78, 5) is 26.2. The van der Waals surface area contributed by atoms with E-state index in [0.29, 0.717) is 0 Å². The summed E-state index contributed by atoms with van der Waals surface area (Å²) in [6, 6.07) is 25.5. The number of rotatable bonds is 6. The van der Waals surface area contributed by atoms with Crippen LogP contribution < -0.4 is 0 Å². The van der Waals surface area contributed by atoms with Gasteiger partial charge in [-0.3, -0.25) is 4.90 Å². The molecule has 0 saturated carbocycles. The summed E-state index contributed by atoms with van der Waals surface area (Å²) in [5.74, 6) is -1.15. The number of benzene rings is 3. The van der Waals surface area contributed by atoms with E-state index in [2.05, 4.69) is 12.1 Å². The first-order valence-electron chi connectivity index (χ1n) is 10.3. The van der Waals surface area contributed by atoms with E-state index in [0.717, 1.165) is 27.8 Å². The van der Waals surface area contributed by atoms with Gasteiger partial charge in [-0.1, -0.05) is 78.9 Å². The fourth-order valence-corrected chi connectivity index (χ4v) is 4.22. The maximum Gasteiger partial charge on any atom is 0.410 e. The van der Waals surface area contributed by atoms with Crippen LogP contribution in [0.5, 0.6) is 0 Å². The minimum Gasteiger partial charge on any atom is -0.479 e. The molecule has 1 amide bonds. The van der Waals surface area contributed by atoms with E-state index in [4.69, 9.17) is 4.74 Å². The van der Waals surface area contributed by atoms with Crippen LogP contribution in [0, 0.1) is 0 Å². The Bertz CT molecular complexity index is 1070. The number of carboxylic acids is 1. The highest BCUT2D eigenvalue weighted by Crippen LogP contribution is 2.44. The van der Waals surface area contributed by atoms with Crippen molar-refractivity contribution in [3.63, 3.8) is 0 Å². The molecule has 31 heavy (non-hydrogen) atoms. The van der Waals surface area contributed by atoms with Crippen LogP contribution in [0.25, 0.3) is 11.1 Å². The van der Waals surface area contributed by atoms with Crippen LogP contribution in [-0.4, -0.2) is 41.3 Å². The Morgan fingerprint density at radius 2 is 1.42 bits per heavy atom. The maximum atomic E-state index is 12.9. The third kappa shape index (κ3) is 3.79. The van der Waals surface area contributed by atoms with Gasteiger partial charge in [0.05, 0.1) is 0 Å². The molecule has 0 aromatic heterocycles. The van der Waals surface area contributed by atoms with Gasteiger partial charge in [-0.05, 0) is 34.7 Å². The Morgan fingerprint density at radius 3 is 1.97 bits per heavy atom. The van der Waals surface area contributed by atoms with Crippen molar-refractivity contribution in [3.05, 3.63) is 95.6 Å². The van der Waals surface area contributed by atoms with Gasteiger partial charge in [0.2, 0.25) is 0 Å². The Labute approximate surface area is 181 Å². The molecule has 0 fully saturated rings. The van der Waals surface area contributed by atoms with Crippen molar-refractivity contribution in [2.24, 2.45) is 0 Å². The lowest BCUT2D eigenvalue weighted by Crippen LogP contribution is -2.54. The SMILES string of the molecule is CN(C(=O)OCC1c2ccccc2-c2ccccc21)[C@@](C)(Cc1ccccc1)C(=O)O. The van der Waals surface area contributed by atoms with E-state index in [-0.39, 0.29) is 18.9 Å². The number of carbonyl (C=O) groups excluding carboxylic acids is 1. The highest BCUT2D eigenvalue weighted by molar-refractivity contribution is 5.84. The fourth-order valence-electron chi connectivity index (χ4n) is 4.22. The number of fused-ring (bicyclic) bond motifs is 3. The average molecular weight is 415 g/mol. The molecular weight excluding hydrogens is 390 g/mol. The number of amides is 1. The highest BCUT2D eigenvalue weighted by Gasteiger charge is 2.41. The highest BCUT2D eigenvalue weighted by atomic mass is 16.6. The molecule has 5 nitrogen and oxygen atoms in total. The smallest absolute Gasteiger partial charge is 0.410 e. The molecule has 4 rings (SSSR count). The monoisotopic (exact) mass is 415 g/mol. The zero-order chi connectivity index (χ0) is 22.0. The number of hydrogen-bond donors (Lipinski definition) is 1. The zero-order valence-corrected chi connectivity index (χ0v) is 17.6. The average Bonchev–Trinajstić information content (AvgIpc) is 3.11. The summed E-state index contributed by atoms with van der Waals surface area (Å²) in [5.41, 5.74) is 3.93. The molecule has 0 spiro atoms. The molecule has 0 bridgehead atoms. The summed E-state index contributed by atoms with van der Waals surface area (Å²) in [7, 11) is 1.48. The molecular formula is C26H25NO4. The van der Waals surface area contributed by atoms with Crippen molar-refractivity contribution in [2.75, 3.05) is 13.7 Å². The third-order valence-corrected chi connectivity index (χ3v) is 6.20. The summed E-state index contributed by atoms with van der Waals surface area (Å²) >= 11 is 0. The van der Waals surface area contributed by atoms with Crippen molar-refractivity contribution < 1.29 is 19.4 Å². The van der Waals surface area contributed by atoms with Crippen molar-refractivity contribution in [1.29, 1.82) is 0 Å². The van der Waals surface area contributed by atoms with Crippen LogP contribution in [0.1, 0.15) is 29.5 Å². The second-order valence-corrected chi connectivity index (χ2v) is 8.10. The zero-order valence-electron chi connectivity index (χ0n) is 17.6. The van der Waals surface area contributed by atoms with Crippen LogP contribution in [0.15, 0.2) is 78.9 Å². The number of carbonyl (C=O) groups is 2. The predicted octanol–water partition coefficient (Wildman–Crippen LogP) is 4.95. The van der Waals surface area contributed by atoms with Gasteiger partial charge < -0.3 is 9.84 Å². The van der Waals surface area contributed by atoms with E-state index >= 15 is 0 Å². The molecule has 5 heteroatoms. The third-order valence-electron chi connectivity index (χ3n) is 6.20. The van der Waals surface area contributed by atoms with Crippen molar-refractivity contribution >= 4 is 12.1 Å². The first kappa shape index (κ1) is 20.7. The molecule has 1 atom stereocenters. The number of nitrogens with zero attached hydrogens (tertiary/aromatic N) is 1. The molecule has 1 aliphatic rings. The van der Waals surface area contributed by atoms with Gasteiger partial charge in [0, 0.05) is 19.4 Å². The van der Waals surface area contributed by atoms with E-state index in [9.17, 15) is 14.7 Å². The lowest BCUT2D eigenvalue weighted by atomic mass is 9.91. The normalized spacial score (nSPS) is 14.3. The number of aliphatic carboxylic acids is 1. The quantitative estimate of drug-likeness (QED) is 0.618. The van der Waals surface area contributed by atoms with Crippen molar-refractivity contribution in [3.8, 4) is 11.1 Å². The molecule has 1 N–H and O–H groups in total. The molecule has 0 radical (unpaired) electrons. The summed E-state index contributed by atoms with van der Waals surface area (Å²) in [6.07, 6.45) is -0.466. The minimum absolute atomic E-state index is 0.0741. The molecule has 158 valence electrons. The molecule has 1 aliphatic carbocycles. The summed E-state index contributed by atoms with van der Waals surface area (Å²) in [6.45, 7) is 1.70. The van der Waals surface area contributed by atoms with Gasteiger partial charge in [0.1, 0.15) is 12.1 Å². The van der Waals surface area contributed by atoms with E-state index < -0.39 is 17.6 Å². The second kappa shape index (κ2) is 8.26. The van der Waals surface area contributed by atoms with E-state index in [1.54, 1.807) is 6.92 Å². The van der Waals surface area contributed by atoms with Crippen molar-refractivity contribution in [2.45, 2.75) is 24.8 Å². The number of ether oxygens (including phenoxy) is 1. The Hall–Kier alpha value is -3.60. The van der Waals surface area contributed by atoms with Crippen LogP contribution in [0.4, 0.5) is 4.79 Å². The van der Waals surface area contributed by atoms with Crippen LogP contribution in [0.2, 0.25) is 0 Å². The van der Waals surface area contributed by atoms with Gasteiger partial charge in [0.15, 0.2) is 0 Å².